The van der Waals surface area contributed by atoms with E-state index in [2.05, 4.69) is 13.8 Å². The highest BCUT2D eigenvalue weighted by Gasteiger charge is 2.61. The van der Waals surface area contributed by atoms with Crippen LogP contribution in [0.15, 0.2) is 0 Å². The minimum atomic E-state index is -0.412. The van der Waals surface area contributed by atoms with E-state index in [0.717, 1.165) is 12.8 Å². The van der Waals surface area contributed by atoms with Crippen molar-refractivity contribution in [2.24, 2.45) is 17.1 Å². The standard InChI is InChI=1S/C10H17NO2/c1-9(2)6-4-5-10(9,3)13-8(12)7(6)11/h6-7H,4-5,11H2,1-3H3/t6-,7+,10-/m1/s1. The zero-order valence-electron chi connectivity index (χ0n) is 8.46. The molecule has 0 aromatic carbocycles. The first-order chi connectivity index (χ1) is 5.88. The van der Waals surface area contributed by atoms with Crippen molar-refractivity contribution in [1.29, 1.82) is 0 Å². The third-order valence-electron chi connectivity index (χ3n) is 4.25. The number of ether oxygens (including phenoxy) is 1. The highest BCUT2D eigenvalue weighted by Crippen LogP contribution is 2.55. The van der Waals surface area contributed by atoms with Gasteiger partial charge in [0.15, 0.2) is 0 Å². The number of nitrogens with two attached hydrogens (primary N) is 1. The molecule has 0 aromatic heterocycles. The van der Waals surface area contributed by atoms with Gasteiger partial charge in [0.2, 0.25) is 0 Å². The van der Waals surface area contributed by atoms with Crippen LogP contribution in [0.3, 0.4) is 0 Å². The summed E-state index contributed by atoms with van der Waals surface area (Å²) in [4.78, 5) is 11.4. The Morgan fingerprint density at radius 1 is 1.46 bits per heavy atom. The molecule has 1 aliphatic heterocycles. The molecule has 3 atom stereocenters. The second-order valence-corrected chi connectivity index (χ2v) is 5.04. The lowest BCUT2D eigenvalue weighted by atomic mass is 9.69. The van der Waals surface area contributed by atoms with E-state index < -0.39 is 6.04 Å². The van der Waals surface area contributed by atoms with Gasteiger partial charge in [-0.05, 0) is 25.7 Å². The Balaban J connectivity index is 2.41. The minimum absolute atomic E-state index is 0.0281. The van der Waals surface area contributed by atoms with Crippen LogP contribution in [0, 0.1) is 11.3 Å². The third-order valence-corrected chi connectivity index (χ3v) is 4.25. The van der Waals surface area contributed by atoms with Crippen molar-refractivity contribution in [3.05, 3.63) is 0 Å². The molecule has 2 bridgehead atoms. The van der Waals surface area contributed by atoms with E-state index in [1.54, 1.807) is 0 Å². The van der Waals surface area contributed by atoms with Crippen molar-refractivity contribution in [2.45, 2.75) is 45.3 Å². The summed E-state index contributed by atoms with van der Waals surface area (Å²) in [5, 5.41) is 0. The number of rotatable bonds is 0. The highest BCUT2D eigenvalue weighted by atomic mass is 16.6. The summed E-state index contributed by atoms with van der Waals surface area (Å²) in [6.45, 7) is 6.32. The molecular formula is C10H17NO2. The van der Waals surface area contributed by atoms with Crippen molar-refractivity contribution in [3.8, 4) is 0 Å². The van der Waals surface area contributed by atoms with Crippen LogP contribution in [0.5, 0.6) is 0 Å². The summed E-state index contributed by atoms with van der Waals surface area (Å²) < 4.78 is 5.43. The smallest absolute Gasteiger partial charge is 0.323 e. The molecule has 2 aliphatic rings. The van der Waals surface area contributed by atoms with Gasteiger partial charge in [-0.2, -0.15) is 0 Å². The average Bonchev–Trinajstić information content (AvgIpc) is 2.13. The van der Waals surface area contributed by atoms with Crippen LogP contribution in [0.1, 0.15) is 33.6 Å². The first-order valence-corrected chi connectivity index (χ1v) is 4.87. The molecule has 1 aliphatic carbocycles. The summed E-state index contributed by atoms with van der Waals surface area (Å²) in [6.07, 6.45) is 1.96. The minimum Gasteiger partial charge on any atom is -0.458 e. The molecule has 3 nitrogen and oxygen atoms in total. The van der Waals surface area contributed by atoms with Gasteiger partial charge >= 0.3 is 5.97 Å². The Morgan fingerprint density at radius 2 is 2.08 bits per heavy atom. The molecule has 1 saturated carbocycles. The predicted molar refractivity (Wildman–Crippen MR) is 49.0 cm³/mol. The lowest BCUT2D eigenvalue weighted by Crippen LogP contribution is -2.57. The maximum Gasteiger partial charge on any atom is 0.323 e. The maximum absolute atomic E-state index is 11.4. The Kier molecular flexibility index (Phi) is 1.57. The van der Waals surface area contributed by atoms with E-state index in [9.17, 15) is 4.79 Å². The van der Waals surface area contributed by atoms with Crippen molar-refractivity contribution in [1.82, 2.24) is 0 Å². The summed E-state index contributed by atoms with van der Waals surface area (Å²) in [7, 11) is 0. The Morgan fingerprint density at radius 3 is 2.69 bits per heavy atom. The molecule has 2 N–H and O–H groups in total. The predicted octanol–water partition coefficient (Wildman–Crippen LogP) is 1.07. The first-order valence-electron chi connectivity index (χ1n) is 4.87. The number of fused-ring (bicyclic) bond motifs is 2. The molecule has 0 amide bonds. The monoisotopic (exact) mass is 183 g/mol. The Labute approximate surface area is 78.6 Å². The molecule has 2 rings (SSSR count). The fraction of sp³-hybridized carbons (Fsp3) is 0.900. The van der Waals surface area contributed by atoms with E-state index in [1.807, 2.05) is 6.92 Å². The van der Waals surface area contributed by atoms with Gasteiger partial charge in [0.1, 0.15) is 11.6 Å². The average molecular weight is 183 g/mol. The molecule has 2 fully saturated rings. The highest BCUT2D eigenvalue weighted by molar-refractivity contribution is 5.78. The van der Waals surface area contributed by atoms with E-state index in [1.165, 1.54) is 0 Å². The van der Waals surface area contributed by atoms with Gasteiger partial charge in [0, 0.05) is 5.41 Å². The Hall–Kier alpha value is -0.570. The second-order valence-electron chi connectivity index (χ2n) is 5.04. The zero-order valence-corrected chi connectivity index (χ0v) is 8.46. The van der Waals surface area contributed by atoms with E-state index >= 15 is 0 Å². The van der Waals surface area contributed by atoms with Gasteiger partial charge in [0.05, 0.1) is 0 Å². The normalized spacial score (nSPS) is 47.5. The summed E-state index contributed by atoms with van der Waals surface area (Å²) in [5.74, 6) is 0.0723. The lowest BCUT2D eigenvalue weighted by molar-refractivity contribution is -0.185. The van der Waals surface area contributed by atoms with Crippen LogP contribution in [0.25, 0.3) is 0 Å². The van der Waals surface area contributed by atoms with E-state index in [-0.39, 0.29) is 17.0 Å². The quantitative estimate of drug-likeness (QED) is 0.571. The summed E-state index contributed by atoms with van der Waals surface area (Å²) >= 11 is 0. The van der Waals surface area contributed by atoms with Gasteiger partial charge in [-0.1, -0.05) is 13.8 Å². The van der Waals surface area contributed by atoms with E-state index in [0.29, 0.717) is 5.92 Å². The van der Waals surface area contributed by atoms with Gasteiger partial charge in [-0.15, -0.1) is 0 Å². The van der Waals surface area contributed by atoms with Crippen LogP contribution in [0.2, 0.25) is 0 Å². The molecule has 13 heavy (non-hydrogen) atoms. The van der Waals surface area contributed by atoms with E-state index in [4.69, 9.17) is 10.5 Å². The Bertz CT molecular complexity index is 262. The van der Waals surface area contributed by atoms with Crippen LogP contribution in [-0.2, 0) is 9.53 Å². The SMILES string of the molecule is CC1(C)[C@@H]2CC[C@@]1(C)OC(=O)[C@H]2N. The van der Waals surface area contributed by atoms with Crippen molar-refractivity contribution < 1.29 is 9.53 Å². The second kappa shape index (κ2) is 2.27. The number of carbonyl (C=O) groups is 1. The van der Waals surface area contributed by atoms with Crippen molar-refractivity contribution in [2.75, 3.05) is 0 Å². The number of esters is 1. The zero-order chi connectivity index (χ0) is 9.85. The van der Waals surface area contributed by atoms with Gasteiger partial charge in [0.25, 0.3) is 0 Å². The fourth-order valence-electron chi connectivity index (χ4n) is 2.77. The molecule has 0 spiro atoms. The fourth-order valence-corrected chi connectivity index (χ4v) is 2.77. The van der Waals surface area contributed by atoms with Gasteiger partial charge in [-0.3, -0.25) is 4.79 Å². The molecule has 1 saturated heterocycles. The van der Waals surface area contributed by atoms with Crippen LogP contribution in [0.4, 0.5) is 0 Å². The number of hydrogen-bond donors (Lipinski definition) is 1. The molecule has 3 heteroatoms. The lowest BCUT2D eigenvalue weighted by Gasteiger charge is -2.46. The largest absolute Gasteiger partial charge is 0.458 e. The molecule has 74 valence electrons. The summed E-state index contributed by atoms with van der Waals surface area (Å²) in [5.41, 5.74) is 5.56. The van der Waals surface area contributed by atoms with Crippen LogP contribution in [-0.4, -0.2) is 17.6 Å². The van der Waals surface area contributed by atoms with Gasteiger partial charge in [-0.25, -0.2) is 0 Å². The number of carbonyl (C=O) groups excluding carboxylic acids is 1. The molecule has 1 heterocycles. The van der Waals surface area contributed by atoms with Crippen LogP contribution < -0.4 is 5.73 Å². The number of hydrogen-bond acceptors (Lipinski definition) is 3. The molecular weight excluding hydrogens is 166 g/mol. The molecule has 0 radical (unpaired) electrons. The molecule has 0 unspecified atom stereocenters. The van der Waals surface area contributed by atoms with Crippen molar-refractivity contribution in [3.63, 3.8) is 0 Å². The van der Waals surface area contributed by atoms with Gasteiger partial charge < -0.3 is 10.5 Å². The topological polar surface area (TPSA) is 52.3 Å². The maximum atomic E-state index is 11.4. The van der Waals surface area contributed by atoms with Crippen molar-refractivity contribution >= 4 is 5.97 Å². The summed E-state index contributed by atoms with van der Waals surface area (Å²) in [6, 6.07) is -0.412. The third kappa shape index (κ3) is 0.909. The first kappa shape index (κ1) is 9.00. The van der Waals surface area contributed by atoms with Crippen LogP contribution >= 0.6 is 0 Å². The molecule has 0 aromatic rings.